The molecule has 0 saturated heterocycles. The van der Waals surface area contributed by atoms with Crippen molar-refractivity contribution in [2.75, 3.05) is 0 Å². The summed E-state index contributed by atoms with van der Waals surface area (Å²) >= 11 is 0. The number of hydrogen-bond acceptors (Lipinski definition) is 2. The molecule has 76 valence electrons. The molecule has 1 saturated carbocycles. The second kappa shape index (κ2) is 4.75. The van der Waals surface area contributed by atoms with E-state index >= 15 is 0 Å². The van der Waals surface area contributed by atoms with E-state index in [1.54, 1.807) is 6.92 Å². The molecule has 0 amide bonds. The van der Waals surface area contributed by atoms with Crippen LogP contribution in [0.25, 0.3) is 0 Å². The summed E-state index contributed by atoms with van der Waals surface area (Å²) in [4.78, 5) is 11.0. The van der Waals surface area contributed by atoms with Crippen LogP contribution in [0, 0.1) is 11.8 Å². The van der Waals surface area contributed by atoms with Gasteiger partial charge in [-0.05, 0) is 32.1 Å². The summed E-state index contributed by atoms with van der Waals surface area (Å²) in [6, 6.07) is 0. The van der Waals surface area contributed by atoms with Crippen LogP contribution in [0.2, 0.25) is 0 Å². The molecule has 1 fully saturated rings. The molecular formula is C11H20O2. The van der Waals surface area contributed by atoms with Crippen LogP contribution in [0.4, 0.5) is 0 Å². The summed E-state index contributed by atoms with van der Waals surface area (Å²) in [6.45, 7) is 3.65. The zero-order valence-corrected chi connectivity index (χ0v) is 8.62. The molecule has 0 aromatic rings. The van der Waals surface area contributed by atoms with Crippen molar-refractivity contribution >= 4 is 5.78 Å². The molecular weight excluding hydrogens is 164 g/mol. The minimum Gasteiger partial charge on any atom is -0.393 e. The standard InChI is InChI=1S/C11H20O2/c1-8(9(2)12)6-10-4-3-5-11(13)7-10/h8,10-11,13H,3-7H2,1-2H3. The minimum atomic E-state index is -0.113. The summed E-state index contributed by atoms with van der Waals surface area (Å²) < 4.78 is 0. The first-order chi connectivity index (χ1) is 6.09. The fourth-order valence-electron chi connectivity index (χ4n) is 2.14. The van der Waals surface area contributed by atoms with Gasteiger partial charge < -0.3 is 5.11 Å². The SMILES string of the molecule is CC(=O)C(C)CC1CCCC(O)C1. The molecule has 1 N–H and O–H groups in total. The zero-order chi connectivity index (χ0) is 9.84. The van der Waals surface area contributed by atoms with Gasteiger partial charge in [-0.15, -0.1) is 0 Å². The number of aliphatic hydroxyl groups excluding tert-OH is 1. The molecule has 1 aliphatic carbocycles. The smallest absolute Gasteiger partial charge is 0.132 e. The third-order valence-corrected chi connectivity index (χ3v) is 3.14. The summed E-state index contributed by atoms with van der Waals surface area (Å²) in [5.74, 6) is 1.03. The molecule has 0 bridgehead atoms. The highest BCUT2D eigenvalue weighted by Gasteiger charge is 2.22. The van der Waals surface area contributed by atoms with Crippen LogP contribution in [-0.4, -0.2) is 17.0 Å². The molecule has 3 unspecified atom stereocenters. The predicted molar refractivity (Wildman–Crippen MR) is 52.4 cm³/mol. The molecule has 0 heterocycles. The van der Waals surface area contributed by atoms with Crippen LogP contribution in [0.15, 0.2) is 0 Å². The highest BCUT2D eigenvalue weighted by atomic mass is 16.3. The zero-order valence-electron chi connectivity index (χ0n) is 8.62. The fraction of sp³-hybridized carbons (Fsp3) is 0.909. The summed E-state index contributed by atoms with van der Waals surface area (Å²) in [5, 5.41) is 9.45. The second-order valence-electron chi connectivity index (χ2n) is 4.43. The van der Waals surface area contributed by atoms with E-state index in [0.29, 0.717) is 5.92 Å². The Morgan fingerprint density at radius 3 is 2.77 bits per heavy atom. The van der Waals surface area contributed by atoms with Crippen molar-refractivity contribution in [1.29, 1.82) is 0 Å². The molecule has 0 aromatic heterocycles. The molecule has 0 aliphatic heterocycles. The normalized spacial score (nSPS) is 31.3. The van der Waals surface area contributed by atoms with Crippen molar-refractivity contribution in [2.24, 2.45) is 11.8 Å². The molecule has 13 heavy (non-hydrogen) atoms. The van der Waals surface area contributed by atoms with E-state index in [4.69, 9.17) is 0 Å². The molecule has 2 heteroatoms. The van der Waals surface area contributed by atoms with E-state index in [1.165, 1.54) is 6.42 Å². The van der Waals surface area contributed by atoms with Crippen molar-refractivity contribution in [3.8, 4) is 0 Å². The molecule has 0 radical (unpaired) electrons. The Bertz CT molecular complexity index is 177. The number of rotatable bonds is 3. The maximum atomic E-state index is 11.0. The lowest BCUT2D eigenvalue weighted by atomic mass is 9.81. The van der Waals surface area contributed by atoms with Gasteiger partial charge >= 0.3 is 0 Å². The average Bonchev–Trinajstić information content (AvgIpc) is 2.04. The molecule has 3 atom stereocenters. The number of hydrogen-bond donors (Lipinski definition) is 1. The fourth-order valence-corrected chi connectivity index (χ4v) is 2.14. The highest BCUT2D eigenvalue weighted by Crippen LogP contribution is 2.29. The van der Waals surface area contributed by atoms with Gasteiger partial charge in [0, 0.05) is 5.92 Å². The van der Waals surface area contributed by atoms with E-state index in [0.717, 1.165) is 25.7 Å². The van der Waals surface area contributed by atoms with Gasteiger partial charge in [0.05, 0.1) is 6.10 Å². The second-order valence-corrected chi connectivity index (χ2v) is 4.43. The first-order valence-corrected chi connectivity index (χ1v) is 5.28. The molecule has 0 spiro atoms. The highest BCUT2D eigenvalue weighted by molar-refractivity contribution is 5.77. The Kier molecular flexibility index (Phi) is 3.91. The van der Waals surface area contributed by atoms with E-state index < -0.39 is 0 Å². The van der Waals surface area contributed by atoms with Gasteiger partial charge in [0.25, 0.3) is 0 Å². The number of Topliss-reactive ketones (excluding diaryl/α,β-unsaturated/α-hetero) is 1. The first kappa shape index (κ1) is 10.7. The van der Waals surface area contributed by atoms with Gasteiger partial charge in [0.1, 0.15) is 5.78 Å². The van der Waals surface area contributed by atoms with Crippen molar-refractivity contribution in [2.45, 2.75) is 52.1 Å². The van der Waals surface area contributed by atoms with Crippen LogP contribution in [0.5, 0.6) is 0 Å². The summed E-state index contributed by atoms with van der Waals surface area (Å²) in [6.07, 6.45) is 5.01. The Balaban J connectivity index is 2.31. The lowest BCUT2D eigenvalue weighted by Gasteiger charge is -2.27. The third-order valence-electron chi connectivity index (χ3n) is 3.14. The maximum absolute atomic E-state index is 11.0. The van der Waals surface area contributed by atoms with E-state index in [1.807, 2.05) is 6.92 Å². The number of carbonyl (C=O) groups excluding carboxylic acids is 1. The number of carbonyl (C=O) groups is 1. The third kappa shape index (κ3) is 3.47. The predicted octanol–water partition coefficient (Wildman–Crippen LogP) is 2.15. The van der Waals surface area contributed by atoms with Crippen LogP contribution >= 0.6 is 0 Å². The molecule has 1 rings (SSSR count). The van der Waals surface area contributed by atoms with Gasteiger partial charge in [-0.3, -0.25) is 4.79 Å². The van der Waals surface area contributed by atoms with Crippen LogP contribution in [-0.2, 0) is 4.79 Å². The van der Waals surface area contributed by atoms with Gasteiger partial charge in [0.2, 0.25) is 0 Å². The molecule has 0 aromatic carbocycles. The van der Waals surface area contributed by atoms with Crippen LogP contribution in [0.3, 0.4) is 0 Å². The average molecular weight is 184 g/mol. The van der Waals surface area contributed by atoms with Crippen LogP contribution in [0.1, 0.15) is 46.0 Å². The quantitative estimate of drug-likeness (QED) is 0.729. The monoisotopic (exact) mass is 184 g/mol. The molecule has 1 aliphatic rings. The van der Waals surface area contributed by atoms with Crippen molar-refractivity contribution < 1.29 is 9.90 Å². The van der Waals surface area contributed by atoms with Crippen molar-refractivity contribution in [1.82, 2.24) is 0 Å². The Morgan fingerprint density at radius 1 is 1.54 bits per heavy atom. The minimum absolute atomic E-state index is 0.113. The summed E-state index contributed by atoms with van der Waals surface area (Å²) in [7, 11) is 0. The van der Waals surface area contributed by atoms with Gasteiger partial charge in [-0.1, -0.05) is 19.8 Å². The van der Waals surface area contributed by atoms with E-state index in [2.05, 4.69) is 0 Å². The van der Waals surface area contributed by atoms with Gasteiger partial charge in [0.15, 0.2) is 0 Å². The van der Waals surface area contributed by atoms with Gasteiger partial charge in [-0.25, -0.2) is 0 Å². The summed E-state index contributed by atoms with van der Waals surface area (Å²) in [5.41, 5.74) is 0. The van der Waals surface area contributed by atoms with E-state index in [9.17, 15) is 9.90 Å². The van der Waals surface area contributed by atoms with Crippen molar-refractivity contribution in [3.05, 3.63) is 0 Å². The Morgan fingerprint density at radius 2 is 2.23 bits per heavy atom. The van der Waals surface area contributed by atoms with Crippen LogP contribution < -0.4 is 0 Å². The topological polar surface area (TPSA) is 37.3 Å². The first-order valence-electron chi connectivity index (χ1n) is 5.28. The number of ketones is 1. The molecule has 2 nitrogen and oxygen atoms in total. The van der Waals surface area contributed by atoms with Gasteiger partial charge in [-0.2, -0.15) is 0 Å². The largest absolute Gasteiger partial charge is 0.393 e. The van der Waals surface area contributed by atoms with E-state index in [-0.39, 0.29) is 17.8 Å². The Labute approximate surface area is 80.3 Å². The maximum Gasteiger partial charge on any atom is 0.132 e. The Hall–Kier alpha value is -0.370. The van der Waals surface area contributed by atoms with Crippen molar-refractivity contribution in [3.63, 3.8) is 0 Å². The lowest BCUT2D eigenvalue weighted by molar-refractivity contribution is -0.120. The lowest BCUT2D eigenvalue weighted by Crippen LogP contribution is -2.22. The number of aliphatic hydroxyl groups is 1.